The number of halogens is 2. The molecule has 1 aliphatic rings. The van der Waals surface area contributed by atoms with E-state index in [0.717, 1.165) is 5.39 Å². The summed E-state index contributed by atoms with van der Waals surface area (Å²) in [7, 11) is 1.58. The average Bonchev–Trinajstić information content (AvgIpc) is 3.48. The minimum Gasteiger partial charge on any atom is -0.497 e. The Kier molecular flexibility index (Phi) is 5.11. The fourth-order valence-electron chi connectivity index (χ4n) is 3.79. The Morgan fingerprint density at radius 3 is 2.78 bits per heavy atom. The summed E-state index contributed by atoms with van der Waals surface area (Å²) in [5.41, 5.74) is 1.77. The molecule has 8 heteroatoms. The first-order valence-corrected chi connectivity index (χ1v) is 10.3. The van der Waals surface area contributed by atoms with Gasteiger partial charge in [0.25, 0.3) is 5.91 Å². The Bertz CT molecular complexity index is 1350. The lowest BCUT2D eigenvalue weighted by molar-refractivity contribution is 0.0706. The lowest BCUT2D eigenvalue weighted by atomic mass is 10.00. The predicted octanol–water partition coefficient (Wildman–Crippen LogP) is 5.62. The molecule has 6 nitrogen and oxygen atoms in total. The van der Waals surface area contributed by atoms with Crippen molar-refractivity contribution in [3.05, 3.63) is 94.8 Å². The minimum absolute atomic E-state index is 0.0726. The molecule has 0 spiro atoms. The van der Waals surface area contributed by atoms with Gasteiger partial charge < -0.3 is 9.15 Å². The zero-order valence-electron chi connectivity index (χ0n) is 17.0. The molecule has 0 bridgehead atoms. The van der Waals surface area contributed by atoms with E-state index in [-0.39, 0.29) is 10.7 Å². The second kappa shape index (κ2) is 8.09. The first kappa shape index (κ1) is 20.2. The van der Waals surface area contributed by atoms with Gasteiger partial charge in [0.15, 0.2) is 0 Å². The number of carbonyl (C=O) groups excluding carboxylic acids is 1. The number of hydrogen-bond donors (Lipinski definition) is 0. The van der Waals surface area contributed by atoms with Crippen LogP contribution in [0.25, 0.3) is 10.9 Å². The maximum Gasteiger partial charge on any atom is 0.277 e. The largest absolute Gasteiger partial charge is 0.497 e. The Labute approximate surface area is 187 Å². The zero-order valence-corrected chi connectivity index (χ0v) is 17.7. The summed E-state index contributed by atoms with van der Waals surface area (Å²) < 4.78 is 25.1. The minimum atomic E-state index is -0.618. The van der Waals surface area contributed by atoms with Gasteiger partial charge in [-0.05, 0) is 42.5 Å². The van der Waals surface area contributed by atoms with Crippen molar-refractivity contribution in [2.75, 3.05) is 7.11 Å². The van der Waals surface area contributed by atoms with Crippen LogP contribution < -0.4 is 4.74 Å². The van der Waals surface area contributed by atoms with Crippen LogP contribution in [0.15, 0.2) is 76.4 Å². The highest BCUT2D eigenvalue weighted by atomic mass is 35.5. The third-order valence-corrected chi connectivity index (χ3v) is 5.70. The second-order valence-corrected chi connectivity index (χ2v) is 7.66. The third kappa shape index (κ3) is 3.50. The molecule has 0 N–H and O–H groups in total. The molecular weight excluding hydrogens is 433 g/mol. The molecule has 1 amide bonds. The van der Waals surface area contributed by atoms with Crippen LogP contribution in [0.5, 0.6) is 5.75 Å². The number of rotatable bonds is 4. The average molecular weight is 450 g/mol. The van der Waals surface area contributed by atoms with Gasteiger partial charge in [0, 0.05) is 23.4 Å². The predicted molar refractivity (Wildman–Crippen MR) is 118 cm³/mol. The summed E-state index contributed by atoms with van der Waals surface area (Å²) in [6.07, 6.45) is 1.88. The summed E-state index contributed by atoms with van der Waals surface area (Å²) in [5.74, 6) is 0.0104. The molecule has 5 rings (SSSR count). The van der Waals surface area contributed by atoms with Crippen LogP contribution in [0.1, 0.15) is 34.1 Å². The monoisotopic (exact) mass is 449 g/mol. The van der Waals surface area contributed by atoms with Crippen molar-refractivity contribution in [2.45, 2.75) is 12.5 Å². The zero-order chi connectivity index (χ0) is 22.2. The van der Waals surface area contributed by atoms with Gasteiger partial charge in [0.05, 0.1) is 30.5 Å². The van der Waals surface area contributed by atoms with Crippen LogP contribution in [0.3, 0.4) is 0 Å². The highest BCUT2D eigenvalue weighted by Gasteiger charge is 2.37. The summed E-state index contributed by atoms with van der Waals surface area (Å²) in [6, 6.07) is 16.1. The Balaban J connectivity index is 1.60. The molecule has 160 valence electrons. The van der Waals surface area contributed by atoms with Crippen molar-refractivity contribution in [3.63, 3.8) is 0 Å². The van der Waals surface area contributed by atoms with E-state index < -0.39 is 17.8 Å². The first-order chi connectivity index (χ1) is 15.5. The quantitative estimate of drug-likeness (QED) is 0.379. The van der Waals surface area contributed by atoms with Gasteiger partial charge in [0.2, 0.25) is 0 Å². The number of furan rings is 1. The molecule has 0 unspecified atom stereocenters. The standard InChI is InChI=1S/C24H17ClFN3O3/c1-31-15-9-8-14-11-17(23(25)27-19(14)12-15)21-13-20(22-7-4-10-32-22)28-29(21)24(30)16-5-2-3-6-18(16)26/h2-12,21H,13H2,1H3/t21-/m1/s1. The summed E-state index contributed by atoms with van der Waals surface area (Å²) in [4.78, 5) is 17.8. The summed E-state index contributed by atoms with van der Waals surface area (Å²) in [6.45, 7) is 0. The Hall–Kier alpha value is -3.71. The van der Waals surface area contributed by atoms with Gasteiger partial charge >= 0.3 is 0 Å². The Morgan fingerprint density at radius 1 is 1.19 bits per heavy atom. The molecule has 0 saturated heterocycles. The van der Waals surface area contributed by atoms with Crippen LogP contribution in [-0.4, -0.2) is 28.7 Å². The fraction of sp³-hybridized carbons (Fsp3) is 0.125. The maximum absolute atomic E-state index is 14.4. The van der Waals surface area contributed by atoms with Gasteiger partial charge in [-0.25, -0.2) is 14.4 Å². The lowest BCUT2D eigenvalue weighted by Gasteiger charge is -2.23. The van der Waals surface area contributed by atoms with Crippen molar-refractivity contribution in [3.8, 4) is 5.75 Å². The third-order valence-electron chi connectivity index (χ3n) is 5.39. The van der Waals surface area contributed by atoms with Crippen molar-refractivity contribution in [2.24, 2.45) is 5.10 Å². The number of amides is 1. The van der Waals surface area contributed by atoms with E-state index in [9.17, 15) is 9.18 Å². The SMILES string of the molecule is COc1ccc2cc([C@H]3CC(c4ccco4)=NN3C(=O)c3ccccc3F)c(Cl)nc2c1. The van der Waals surface area contributed by atoms with Crippen LogP contribution >= 0.6 is 11.6 Å². The molecule has 0 fully saturated rings. The van der Waals surface area contributed by atoms with E-state index in [1.807, 2.05) is 18.2 Å². The molecule has 1 aliphatic heterocycles. The lowest BCUT2D eigenvalue weighted by Crippen LogP contribution is -2.28. The number of aromatic nitrogens is 1. The van der Waals surface area contributed by atoms with Gasteiger partial charge in [0.1, 0.15) is 28.2 Å². The van der Waals surface area contributed by atoms with Gasteiger partial charge in [-0.2, -0.15) is 5.10 Å². The number of methoxy groups -OCH3 is 1. The van der Waals surface area contributed by atoms with E-state index >= 15 is 0 Å². The van der Waals surface area contributed by atoms with Crippen LogP contribution in [0, 0.1) is 5.82 Å². The number of nitrogens with zero attached hydrogens (tertiary/aromatic N) is 3. The first-order valence-electron chi connectivity index (χ1n) is 9.89. The van der Waals surface area contributed by atoms with Crippen molar-refractivity contribution in [1.82, 2.24) is 9.99 Å². The number of hydrazone groups is 1. The van der Waals surface area contributed by atoms with Crippen molar-refractivity contribution in [1.29, 1.82) is 0 Å². The molecule has 0 saturated carbocycles. The second-order valence-electron chi connectivity index (χ2n) is 7.30. The normalized spacial score (nSPS) is 15.8. The van der Waals surface area contributed by atoms with Crippen molar-refractivity contribution >= 4 is 34.1 Å². The molecule has 0 aliphatic carbocycles. The molecule has 32 heavy (non-hydrogen) atoms. The Morgan fingerprint density at radius 2 is 2.03 bits per heavy atom. The van der Waals surface area contributed by atoms with Crippen molar-refractivity contribution < 1.29 is 18.3 Å². The topological polar surface area (TPSA) is 67.9 Å². The number of benzene rings is 2. The highest BCUT2D eigenvalue weighted by Crippen LogP contribution is 2.38. The number of carbonyl (C=O) groups is 1. The van der Waals surface area contributed by atoms with E-state index in [2.05, 4.69) is 10.1 Å². The molecular formula is C24H17ClFN3O3. The number of hydrogen-bond acceptors (Lipinski definition) is 5. The summed E-state index contributed by atoms with van der Waals surface area (Å²) >= 11 is 6.56. The molecule has 2 aromatic carbocycles. The maximum atomic E-state index is 14.4. The van der Waals surface area contributed by atoms with Crippen LogP contribution in [0.4, 0.5) is 4.39 Å². The smallest absolute Gasteiger partial charge is 0.277 e. The molecule has 4 aromatic rings. The molecule has 3 heterocycles. The molecule has 2 aromatic heterocycles. The fourth-order valence-corrected chi connectivity index (χ4v) is 4.06. The van der Waals surface area contributed by atoms with Crippen LogP contribution in [-0.2, 0) is 0 Å². The van der Waals surface area contributed by atoms with Gasteiger partial charge in [-0.15, -0.1) is 0 Å². The van der Waals surface area contributed by atoms with E-state index in [4.69, 9.17) is 20.8 Å². The van der Waals surface area contributed by atoms with E-state index in [1.165, 1.54) is 29.5 Å². The van der Waals surface area contributed by atoms with E-state index in [0.29, 0.717) is 34.7 Å². The molecule has 0 radical (unpaired) electrons. The van der Waals surface area contributed by atoms with Gasteiger partial charge in [-0.1, -0.05) is 23.7 Å². The number of pyridine rings is 1. The van der Waals surface area contributed by atoms with Crippen LogP contribution in [0.2, 0.25) is 5.15 Å². The highest BCUT2D eigenvalue weighted by molar-refractivity contribution is 6.30. The van der Waals surface area contributed by atoms with E-state index in [1.54, 1.807) is 31.4 Å². The molecule has 1 atom stereocenters. The number of fused-ring (bicyclic) bond motifs is 1. The summed E-state index contributed by atoms with van der Waals surface area (Å²) in [5, 5.41) is 6.81. The number of ether oxygens (including phenoxy) is 1. The van der Waals surface area contributed by atoms with Gasteiger partial charge in [-0.3, -0.25) is 4.79 Å².